The van der Waals surface area contributed by atoms with Gasteiger partial charge in [-0.2, -0.15) is 0 Å². The molecule has 0 amide bonds. The van der Waals surface area contributed by atoms with E-state index in [0.29, 0.717) is 11.0 Å². The summed E-state index contributed by atoms with van der Waals surface area (Å²) in [7, 11) is 0. The van der Waals surface area contributed by atoms with E-state index in [4.69, 9.17) is 24.7 Å². The molecule has 150 valence electrons. The van der Waals surface area contributed by atoms with Gasteiger partial charge in [0.05, 0.1) is 5.39 Å². The molecule has 11 heteroatoms. The number of aromatic nitrogens is 3. The molecule has 0 bridgehead atoms. The van der Waals surface area contributed by atoms with Gasteiger partial charge in [-0.25, -0.2) is 9.97 Å². The van der Waals surface area contributed by atoms with Gasteiger partial charge in [0.2, 0.25) is 0 Å². The third-order valence-corrected chi connectivity index (χ3v) is 4.15. The molecular weight excluding hydrogens is 372 g/mol. The first kappa shape index (κ1) is 19.5. The van der Waals surface area contributed by atoms with Crippen LogP contribution in [-0.4, -0.2) is 57.4 Å². The minimum atomic E-state index is -0.992. The highest BCUT2D eigenvalue weighted by atomic mass is 16.7. The first-order valence-electron chi connectivity index (χ1n) is 8.48. The fourth-order valence-electron chi connectivity index (χ4n) is 3.11. The number of carbonyl (C=O) groups excluding carboxylic acids is 3. The molecule has 0 spiro atoms. The normalized spacial score (nSPS) is 24.1. The van der Waals surface area contributed by atoms with Crippen LogP contribution in [0.1, 0.15) is 27.0 Å². The third-order valence-electron chi connectivity index (χ3n) is 4.15. The predicted molar refractivity (Wildman–Crippen MR) is 93.6 cm³/mol. The molecule has 3 rings (SSSR count). The summed E-state index contributed by atoms with van der Waals surface area (Å²) in [5.41, 5.74) is 6.32. The second-order valence-electron chi connectivity index (χ2n) is 6.23. The molecule has 0 aromatic carbocycles. The minimum absolute atomic E-state index is 0.183. The molecular formula is C17H20N4O7. The van der Waals surface area contributed by atoms with Crippen molar-refractivity contribution in [1.82, 2.24) is 14.5 Å². The van der Waals surface area contributed by atoms with Gasteiger partial charge < -0.3 is 29.2 Å². The standard InChI is InChI=1S/C17H20N4O7/c1-8(22)25-6-12-13(26-9(2)23)14(27-10(3)24)17(28-12)21-5-4-11-15(18)19-7-20-16(11)21/h4-5,7,12-14,17H,6H2,1-3H3,(H2,18,19,20)/t12-,13-,14+,17-/m1/s1. The Morgan fingerprint density at radius 3 is 2.43 bits per heavy atom. The maximum absolute atomic E-state index is 11.7. The number of nitrogen functional groups attached to an aromatic ring is 1. The molecule has 1 aliphatic heterocycles. The van der Waals surface area contributed by atoms with Gasteiger partial charge in [-0.15, -0.1) is 0 Å². The van der Waals surface area contributed by atoms with E-state index < -0.39 is 42.4 Å². The number of rotatable bonds is 5. The first-order valence-corrected chi connectivity index (χ1v) is 8.48. The second kappa shape index (κ2) is 7.80. The molecule has 1 fully saturated rings. The number of anilines is 1. The largest absolute Gasteiger partial charge is 0.463 e. The zero-order chi connectivity index (χ0) is 20.4. The van der Waals surface area contributed by atoms with Crippen LogP contribution in [-0.2, 0) is 33.3 Å². The quantitative estimate of drug-likeness (QED) is 0.558. The summed E-state index contributed by atoms with van der Waals surface area (Å²) >= 11 is 0. The van der Waals surface area contributed by atoms with Crippen molar-refractivity contribution in [2.75, 3.05) is 12.3 Å². The van der Waals surface area contributed by atoms with Gasteiger partial charge in [0.15, 0.2) is 18.4 Å². The first-order chi connectivity index (χ1) is 13.3. The van der Waals surface area contributed by atoms with E-state index >= 15 is 0 Å². The zero-order valence-electron chi connectivity index (χ0n) is 15.5. The number of hydrogen-bond donors (Lipinski definition) is 1. The maximum atomic E-state index is 11.7. The Kier molecular flexibility index (Phi) is 5.45. The van der Waals surface area contributed by atoms with Crippen LogP contribution in [0.25, 0.3) is 11.0 Å². The van der Waals surface area contributed by atoms with Crippen LogP contribution in [0.5, 0.6) is 0 Å². The average Bonchev–Trinajstić information content (AvgIpc) is 3.16. The number of nitrogens with two attached hydrogens (primary N) is 1. The Balaban J connectivity index is 2.01. The van der Waals surface area contributed by atoms with Crippen molar-refractivity contribution in [3.63, 3.8) is 0 Å². The predicted octanol–water partition coefficient (Wildman–Crippen LogP) is 0.337. The smallest absolute Gasteiger partial charge is 0.303 e. The summed E-state index contributed by atoms with van der Waals surface area (Å²) < 4.78 is 23.3. The number of fused-ring (bicyclic) bond motifs is 1. The van der Waals surface area contributed by atoms with E-state index in [2.05, 4.69) is 9.97 Å². The van der Waals surface area contributed by atoms with E-state index in [-0.39, 0.29) is 12.4 Å². The molecule has 4 atom stereocenters. The molecule has 1 saturated heterocycles. The molecule has 0 aliphatic carbocycles. The molecule has 28 heavy (non-hydrogen) atoms. The van der Waals surface area contributed by atoms with E-state index in [9.17, 15) is 14.4 Å². The highest BCUT2D eigenvalue weighted by molar-refractivity contribution is 5.86. The number of nitrogens with zero attached hydrogens (tertiary/aromatic N) is 3. The van der Waals surface area contributed by atoms with Gasteiger partial charge in [0, 0.05) is 27.0 Å². The van der Waals surface area contributed by atoms with Crippen molar-refractivity contribution < 1.29 is 33.3 Å². The SMILES string of the molecule is CC(=O)OC[C@H]1O[C@@H](n2ccc3c(N)ncnc32)[C@@H](OC(C)=O)[C@@H]1OC(C)=O. The highest BCUT2D eigenvalue weighted by Crippen LogP contribution is 2.36. The Hall–Kier alpha value is -3.21. The lowest BCUT2D eigenvalue weighted by atomic mass is 10.1. The van der Waals surface area contributed by atoms with Gasteiger partial charge >= 0.3 is 17.9 Å². The molecule has 2 aromatic heterocycles. The second-order valence-corrected chi connectivity index (χ2v) is 6.23. The average molecular weight is 392 g/mol. The number of esters is 3. The lowest BCUT2D eigenvalue weighted by Gasteiger charge is -2.24. The minimum Gasteiger partial charge on any atom is -0.463 e. The van der Waals surface area contributed by atoms with Crippen molar-refractivity contribution >= 4 is 34.8 Å². The molecule has 1 aliphatic rings. The number of ether oxygens (including phenoxy) is 4. The van der Waals surface area contributed by atoms with Crippen LogP contribution in [0.2, 0.25) is 0 Å². The lowest BCUT2D eigenvalue weighted by Crippen LogP contribution is -2.40. The molecule has 3 heterocycles. The molecule has 0 radical (unpaired) electrons. The van der Waals surface area contributed by atoms with Gasteiger partial charge in [-0.05, 0) is 6.07 Å². The highest BCUT2D eigenvalue weighted by Gasteiger charge is 2.50. The molecule has 2 aromatic rings. The summed E-state index contributed by atoms with van der Waals surface area (Å²) in [5, 5.41) is 0.583. The van der Waals surface area contributed by atoms with Crippen molar-refractivity contribution in [1.29, 1.82) is 0 Å². The number of hydrogen-bond acceptors (Lipinski definition) is 10. The fourth-order valence-corrected chi connectivity index (χ4v) is 3.11. The van der Waals surface area contributed by atoms with Crippen molar-refractivity contribution in [3.05, 3.63) is 18.6 Å². The molecule has 2 N–H and O–H groups in total. The van der Waals surface area contributed by atoms with Gasteiger partial charge in [-0.3, -0.25) is 14.4 Å². The van der Waals surface area contributed by atoms with Crippen LogP contribution in [0.3, 0.4) is 0 Å². The van der Waals surface area contributed by atoms with Crippen LogP contribution in [0.15, 0.2) is 18.6 Å². The lowest BCUT2D eigenvalue weighted by molar-refractivity contribution is -0.166. The Labute approximate surface area is 159 Å². The van der Waals surface area contributed by atoms with E-state index in [1.807, 2.05) is 0 Å². The Bertz CT molecular complexity index is 912. The Morgan fingerprint density at radius 2 is 1.79 bits per heavy atom. The van der Waals surface area contributed by atoms with Crippen molar-refractivity contribution in [2.24, 2.45) is 0 Å². The zero-order valence-corrected chi connectivity index (χ0v) is 15.5. The van der Waals surface area contributed by atoms with E-state index in [1.54, 1.807) is 16.8 Å². The molecule has 0 saturated carbocycles. The maximum Gasteiger partial charge on any atom is 0.303 e. The topological polar surface area (TPSA) is 145 Å². The molecule has 0 unspecified atom stereocenters. The summed E-state index contributed by atoms with van der Waals surface area (Å²) in [6.07, 6.45) is -0.768. The third kappa shape index (κ3) is 3.88. The van der Waals surface area contributed by atoms with Crippen LogP contribution in [0, 0.1) is 0 Å². The van der Waals surface area contributed by atoms with E-state index in [1.165, 1.54) is 27.1 Å². The van der Waals surface area contributed by atoms with Gasteiger partial charge in [0.1, 0.15) is 30.5 Å². The fraction of sp³-hybridized carbons (Fsp3) is 0.471. The summed E-state index contributed by atoms with van der Waals surface area (Å²) in [6.45, 7) is 3.52. The van der Waals surface area contributed by atoms with Crippen LogP contribution >= 0.6 is 0 Å². The summed E-state index contributed by atoms with van der Waals surface area (Å²) in [5.74, 6) is -1.43. The van der Waals surface area contributed by atoms with E-state index in [0.717, 1.165) is 0 Å². The monoisotopic (exact) mass is 392 g/mol. The Morgan fingerprint density at radius 1 is 1.11 bits per heavy atom. The van der Waals surface area contributed by atoms with Crippen molar-refractivity contribution in [3.8, 4) is 0 Å². The van der Waals surface area contributed by atoms with Gasteiger partial charge in [0.25, 0.3) is 0 Å². The van der Waals surface area contributed by atoms with Crippen LogP contribution < -0.4 is 5.73 Å². The van der Waals surface area contributed by atoms with Gasteiger partial charge in [-0.1, -0.05) is 0 Å². The number of carbonyl (C=O) groups is 3. The summed E-state index contributed by atoms with van der Waals surface area (Å²) in [6, 6.07) is 1.69. The van der Waals surface area contributed by atoms with Crippen LogP contribution in [0.4, 0.5) is 5.82 Å². The van der Waals surface area contributed by atoms with Crippen molar-refractivity contribution in [2.45, 2.75) is 45.3 Å². The summed E-state index contributed by atoms with van der Waals surface area (Å²) in [4.78, 5) is 42.6. The molecule has 11 nitrogen and oxygen atoms in total.